The van der Waals surface area contributed by atoms with Crippen molar-refractivity contribution >= 4 is 80.5 Å². The summed E-state index contributed by atoms with van der Waals surface area (Å²) in [5.41, 5.74) is -1.91. The number of aromatic hydroxyl groups is 4. The van der Waals surface area contributed by atoms with E-state index in [-0.39, 0.29) is 90.9 Å². The molecule has 15 rings (SSSR count). The largest absolute Gasteiger partial charge is 0.508 e. The highest BCUT2D eigenvalue weighted by molar-refractivity contribution is 7.90. The van der Waals surface area contributed by atoms with Gasteiger partial charge >= 0.3 is 0 Å². The van der Waals surface area contributed by atoms with E-state index in [1.54, 1.807) is 0 Å². The number of halogens is 2. The predicted octanol–water partition coefficient (Wildman–Crippen LogP) is 5.28. The van der Waals surface area contributed by atoms with Crippen molar-refractivity contribution in [2.45, 2.75) is 124 Å². The second-order valence-corrected chi connectivity index (χ2v) is 29.2. The van der Waals surface area contributed by atoms with E-state index in [0.29, 0.717) is 11.8 Å². The van der Waals surface area contributed by atoms with Crippen LogP contribution in [0.3, 0.4) is 0 Å². The normalized spacial score (nSPS) is 25.7. The van der Waals surface area contributed by atoms with Crippen molar-refractivity contribution in [2.75, 3.05) is 14.2 Å². The molecule has 0 unspecified atom stereocenters. The van der Waals surface area contributed by atoms with Crippen molar-refractivity contribution in [1.82, 2.24) is 47.3 Å². The quantitative estimate of drug-likeness (QED) is 0.0741. The summed E-state index contributed by atoms with van der Waals surface area (Å²) >= 11 is 13.8. The molecule has 4 aliphatic carbocycles. The molecule has 0 aromatic heterocycles. The highest BCUT2D eigenvalue weighted by atomic mass is 35.5. The highest BCUT2D eigenvalue weighted by Gasteiger charge is 2.50. The number of methoxy groups -OCH3 is 1. The number of fused-ring (bicyclic) bond motifs is 15. The first-order valence-corrected chi connectivity index (χ1v) is 34.8. The van der Waals surface area contributed by atoms with Gasteiger partial charge in [-0.05, 0) is 182 Å². The molecule has 4 fully saturated rings. The van der Waals surface area contributed by atoms with Crippen LogP contribution in [0.5, 0.6) is 51.7 Å². The first-order chi connectivity index (χ1) is 48.0. The van der Waals surface area contributed by atoms with Gasteiger partial charge in [0.25, 0.3) is 10.0 Å². The molecular formula is C70H73Cl2N9O19S. The lowest BCUT2D eigenvalue weighted by Crippen LogP contribution is -2.59. The van der Waals surface area contributed by atoms with Crippen LogP contribution in [-0.4, -0.2) is 131 Å². The Morgan fingerprint density at radius 2 is 1.21 bits per heavy atom. The lowest BCUT2D eigenvalue weighted by molar-refractivity contribution is -0.138. The molecule has 8 amide bonds. The fourth-order valence-corrected chi connectivity index (χ4v) is 16.2. The van der Waals surface area contributed by atoms with E-state index in [1.807, 2.05) is 18.6 Å². The minimum atomic E-state index is -4.79. The topological polar surface area (TPSA) is 428 Å². The molecule has 6 aromatic carbocycles. The van der Waals surface area contributed by atoms with E-state index >= 15 is 28.8 Å². The number of phenols is 4. The van der Waals surface area contributed by atoms with E-state index in [0.717, 1.165) is 98.8 Å². The van der Waals surface area contributed by atoms with Crippen LogP contribution in [0.25, 0.3) is 11.1 Å². The van der Waals surface area contributed by atoms with Crippen molar-refractivity contribution < 1.29 is 91.6 Å². The standard InChI is InChI=1S/C70H73Cl2N9O19S/c1-29(2)15-45(73-3)64(89)79-59-61(86)33-6-13-49(43(71)22-33)99-51-24-37-25-52(63(51)88)100-50-14-7-34(23-44(50)72)62(87)60-70(95)78-58(68(93)75-55-35-17-30-16-31(19-35)20-36(55)18-30)42-26-38(82)27-48(84)54(42)41-21-32(5-12-47(41)83)56(66(91)80-60)77-67(92)57(37)76-65(90)46(74-69(59)94)28-53(85)81-101(96,97)40-10-8-39(98-4)9-11-40/h5-14,21-27,29-31,35-36,45-46,55-62,73,82-84,86-88H,15-20,28H2,1-4H3,(H,74,94)(H,75,93)(H,76,90)(H,77,92)(H,78,95)(H,79,89)(H,80,91)(H,81,85)/t30?,31?,35?,36?,45-,46+,55?,56-,57-,58+,59-,60+,61-,62-/m1/s1. The van der Waals surface area contributed by atoms with Crippen LogP contribution in [0, 0.1) is 29.6 Å². The maximum Gasteiger partial charge on any atom is 0.264 e. The van der Waals surface area contributed by atoms with Crippen LogP contribution in [-0.2, 0) is 48.4 Å². The van der Waals surface area contributed by atoms with E-state index in [9.17, 15) is 48.6 Å². The molecule has 6 aromatic rings. The Balaban J connectivity index is 1.01. The zero-order valence-corrected chi connectivity index (χ0v) is 56.9. The van der Waals surface area contributed by atoms with Crippen LogP contribution < -0.4 is 61.5 Å². The average molecular weight is 1450 g/mol. The Kier molecular flexibility index (Phi) is 20.1. The number of likely N-dealkylation sites (N-methyl/N-ethyl adjacent to an activating group) is 1. The molecule has 5 heterocycles. The fraction of sp³-hybridized carbons (Fsp3) is 0.371. The van der Waals surface area contributed by atoms with Crippen molar-refractivity contribution in [1.29, 1.82) is 0 Å². The Morgan fingerprint density at radius 1 is 0.624 bits per heavy atom. The van der Waals surface area contributed by atoms with Gasteiger partial charge in [-0.2, -0.15) is 0 Å². The van der Waals surface area contributed by atoms with Gasteiger partial charge < -0.3 is 87.4 Å². The predicted molar refractivity (Wildman–Crippen MR) is 361 cm³/mol. The number of ether oxygens (including phenoxy) is 3. The molecule has 9 atom stereocenters. The Morgan fingerprint density at radius 3 is 1.80 bits per heavy atom. The second-order valence-electron chi connectivity index (χ2n) is 26.7. The zero-order valence-electron chi connectivity index (χ0n) is 54.6. The maximum absolute atomic E-state index is 16.0. The third-order valence-corrected chi connectivity index (χ3v) is 21.5. The van der Waals surface area contributed by atoms with Gasteiger partial charge in [0, 0.05) is 23.2 Å². The molecule has 0 spiro atoms. The summed E-state index contributed by atoms with van der Waals surface area (Å²) in [6.07, 6.45) is -0.695. The number of amides is 8. The monoisotopic (exact) mass is 1450 g/mol. The average Bonchev–Trinajstić information content (AvgIpc) is 0.763. The van der Waals surface area contributed by atoms with Crippen molar-refractivity contribution in [3.63, 3.8) is 0 Å². The van der Waals surface area contributed by atoms with E-state index < -0.39 is 163 Å². The highest BCUT2D eigenvalue weighted by Crippen LogP contribution is 2.54. The lowest BCUT2D eigenvalue weighted by atomic mass is 9.54. The van der Waals surface area contributed by atoms with Gasteiger partial charge in [0.2, 0.25) is 53.0 Å². The smallest absolute Gasteiger partial charge is 0.264 e. The SMILES string of the molecule is CN[C@H](CC(C)C)C(=O)N[C@H]1C(=O)N[C@@H](CC(=O)NS(=O)(=O)c2ccc(OC)cc2)C(=O)N[C@H]2C(=O)N[C@H]3C(=O)N[C@H](C(=O)N[C@H](C(=O)NC4C5CC6CC(C5)CC4C6)c4cc(O)cc(O)c4-c4cc3ccc4O)[C@H](O)c3ccc(c(Cl)c3)Oc3cc2cc(c3O)Oc2ccc(cc2Cl)[C@H]1O. The third-order valence-electron chi connectivity index (χ3n) is 19.5. The Bertz CT molecular complexity index is 4440. The molecule has 5 aliphatic heterocycles. The van der Waals surface area contributed by atoms with Crippen LogP contribution in [0.2, 0.25) is 10.0 Å². The molecule has 532 valence electrons. The van der Waals surface area contributed by atoms with Gasteiger partial charge in [-0.25, -0.2) is 13.1 Å². The number of benzene rings is 6. The van der Waals surface area contributed by atoms with Crippen LogP contribution >= 0.6 is 23.2 Å². The van der Waals surface area contributed by atoms with Gasteiger partial charge in [-0.3, -0.25) is 38.4 Å². The van der Waals surface area contributed by atoms with E-state index in [4.69, 9.17) is 37.4 Å². The number of nitrogens with one attached hydrogen (secondary N) is 9. The molecule has 9 aliphatic rings. The van der Waals surface area contributed by atoms with Gasteiger partial charge in [0.1, 0.15) is 83.0 Å². The van der Waals surface area contributed by atoms with E-state index in [1.165, 1.54) is 50.6 Å². The number of carbonyl (C=O) groups excluding carboxylic acids is 8. The number of rotatable bonds is 12. The summed E-state index contributed by atoms with van der Waals surface area (Å²) in [4.78, 5) is 121. The molecule has 15 N–H and O–H groups in total. The summed E-state index contributed by atoms with van der Waals surface area (Å²) in [7, 11) is -1.98. The van der Waals surface area contributed by atoms with Crippen molar-refractivity contribution in [3.05, 3.63) is 141 Å². The fourth-order valence-electron chi connectivity index (χ4n) is 14.8. The second kappa shape index (κ2) is 28.6. The molecule has 0 radical (unpaired) electrons. The van der Waals surface area contributed by atoms with Gasteiger partial charge in [0.05, 0.1) is 34.5 Å². The van der Waals surface area contributed by atoms with Crippen molar-refractivity contribution in [3.8, 4) is 62.9 Å². The summed E-state index contributed by atoms with van der Waals surface area (Å²) < 4.78 is 47.2. The number of hydrogen-bond donors (Lipinski definition) is 15. The molecular weight excluding hydrogens is 1370 g/mol. The Hall–Kier alpha value is -9.91. The van der Waals surface area contributed by atoms with Crippen molar-refractivity contribution in [2.24, 2.45) is 29.6 Å². The summed E-state index contributed by atoms with van der Waals surface area (Å²) in [5.74, 6) is -13.0. The van der Waals surface area contributed by atoms with E-state index in [2.05, 4.69) is 42.5 Å². The summed E-state index contributed by atoms with van der Waals surface area (Å²) in [5, 5.41) is 92.5. The number of carbonyl (C=O) groups is 8. The minimum absolute atomic E-state index is 0.0971. The first-order valence-electron chi connectivity index (χ1n) is 32.6. The number of aliphatic hydroxyl groups is 2. The number of sulfonamides is 1. The molecule has 101 heavy (non-hydrogen) atoms. The van der Waals surface area contributed by atoms with Gasteiger partial charge in [-0.15, -0.1) is 0 Å². The van der Waals surface area contributed by atoms with Crippen LogP contribution in [0.15, 0.2) is 108 Å². The summed E-state index contributed by atoms with van der Waals surface area (Å²) in [6.45, 7) is 3.64. The first kappa shape index (κ1) is 70.9. The molecule has 15 bridgehead atoms. The number of aliphatic hydroxyl groups excluding tert-OH is 2. The number of phenolic OH excluding ortho intramolecular Hbond substituents is 4. The zero-order chi connectivity index (χ0) is 72.2. The maximum atomic E-state index is 16.0. The lowest BCUT2D eigenvalue weighted by Gasteiger charge is -2.54. The Labute approximate surface area is 588 Å². The molecule has 31 heteroatoms. The van der Waals surface area contributed by atoms with Gasteiger partial charge in [0.15, 0.2) is 11.5 Å². The molecule has 4 saturated carbocycles. The molecule has 28 nitrogen and oxygen atoms in total. The third kappa shape index (κ3) is 14.7. The van der Waals surface area contributed by atoms with Gasteiger partial charge in [-0.1, -0.05) is 55.2 Å². The number of hydrogen-bond acceptors (Lipinski definition) is 20. The van der Waals surface area contributed by atoms with Crippen LogP contribution in [0.1, 0.15) is 117 Å². The van der Waals surface area contributed by atoms with Crippen LogP contribution in [0.4, 0.5) is 0 Å². The molecule has 0 saturated heterocycles. The minimum Gasteiger partial charge on any atom is -0.508 e. The summed E-state index contributed by atoms with van der Waals surface area (Å²) in [6, 6.07) is 5.29.